The number of nitrogens with one attached hydrogen (secondary N) is 1. The van der Waals surface area contributed by atoms with E-state index in [1.54, 1.807) is 6.08 Å². The van der Waals surface area contributed by atoms with E-state index in [2.05, 4.69) is 14.6 Å². The van der Waals surface area contributed by atoms with E-state index in [1.807, 2.05) is 54.6 Å². The average Bonchev–Trinajstić information content (AvgIpc) is 3.16. The monoisotopic (exact) mass is 397 g/mol. The van der Waals surface area contributed by atoms with Crippen LogP contribution in [0.1, 0.15) is 18.4 Å². The molecule has 1 saturated heterocycles. The van der Waals surface area contributed by atoms with Gasteiger partial charge in [-0.3, -0.25) is 0 Å². The van der Waals surface area contributed by atoms with Gasteiger partial charge in [0.1, 0.15) is 5.52 Å². The Morgan fingerprint density at radius 2 is 1.79 bits per heavy atom. The highest BCUT2D eigenvalue weighted by atomic mass is 32.2. The second kappa shape index (κ2) is 8.16. The Morgan fingerprint density at radius 3 is 2.54 bits per heavy atom. The largest absolute Gasteiger partial charge is 0.423 e. The van der Waals surface area contributed by atoms with Crippen LogP contribution in [0.3, 0.4) is 0 Å². The number of hydrogen-bond acceptors (Lipinski definition) is 5. The molecule has 1 aliphatic heterocycles. The number of nitrogens with zero attached hydrogens (tertiary/aromatic N) is 2. The normalized spacial score (nSPS) is 16.2. The number of sulfonamides is 1. The summed E-state index contributed by atoms with van der Waals surface area (Å²) in [5.41, 5.74) is 2.51. The quantitative estimate of drug-likeness (QED) is 0.687. The summed E-state index contributed by atoms with van der Waals surface area (Å²) in [4.78, 5) is 6.66. The molecule has 0 radical (unpaired) electrons. The van der Waals surface area contributed by atoms with E-state index in [1.165, 1.54) is 5.41 Å². The van der Waals surface area contributed by atoms with Crippen molar-refractivity contribution in [2.75, 3.05) is 24.5 Å². The number of benzene rings is 2. The number of rotatable bonds is 6. The van der Waals surface area contributed by atoms with Gasteiger partial charge >= 0.3 is 0 Å². The van der Waals surface area contributed by atoms with Gasteiger partial charge in [0.2, 0.25) is 10.0 Å². The third kappa shape index (κ3) is 4.61. The molecular weight excluding hydrogens is 374 g/mol. The van der Waals surface area contributed by atoms with Crippen LogP contribution in [0.2, 0.25) is 0 Å². The van der Waals surface area contributed by atoms with Crippen LogP contribution in [0.5, 0.6) is 0 Å². The lowest BCUT2D eigenvalue weighted by molar-refractivity contribution is 0.388. The summed E-state index contributed by atoms with van der Waals surface area (Å²) in [7, 11) is -3.44. The first-order valence-corrected chi connectivity index (χ1v) is 11.0. The fourth-order valence-corrected chi connectivity index (χ4v) is 4.24. The van der Waals surface area contributed by atoms with Gasteiger partial charge in [-0.2, -0.15) is 4.98 Å². The summed E-state index contributed by atoms with van der Waals surface area (Å²) in [6.45, 7) is 2.06. The first-order valence-electron chi connectivity index (χ1n) is 9.42. The molecule has 0 unspecified atom stereocenters. The Bertz CT molecular complexity index is 1020. The minimum Gasteiger partial charge on any atom is -0.423 e. The highest BCUT2D eigenvalue weighted by Gasteiger charge is 2.23. The van der Waals surface area contributed by atoms with E-state index in [4.69, 9.17) is 4.42 Å². The molecule has 7 heteroatoms. The van der Waals surface area contributed by atoms with Crippen molar-refractivity contribution < 1.29 is 12.8 Å². The van der Waals surface area contributed by atoms with E-state index < -0.39 is 10.0 Å². The summed E-state index contributed by atoms with van der Waals surface area (Å²) >= 11 is 0. The molecule has 1 aliphatic rings. The van der Waals surface area contributed by atoms with Gasteiger partial charge in [0.15, 0.2) is 5.58 Å². The average molecular weight is 398 g/mol. The van der Waals surface area contributed by atoms with Crippen molar-refractivity contribution in [1.82, 2.24) is 9.71 Å². The maximum atomic E-state index is 12.2. The number of piperidine rings is 1. The standard InChI is InChI=1S/C21H23N3O3S/c25-28(26,15-12-17-6-2-1-3-7-17)22-16-18-10-13-24(14-11-18)21-23-19-8-4-5-9-20(19)27-21/h1-9,12,15,18,22H,10-11,13-14,16H2/b15-12+. The molecule has 0 aliphatic carbocycles. The number of fused-ring (bicyclic) bond motifs is 1. The van der Waals surface area contributed by atoms with E-state index in [0.29, 0.717) is 18.5 Å². The summed E-state index contributed by atoms with van der Waals surface area (Å²) in [6, 6.07) is 17.8. The van der Waals surface area contributed by atoms with Crippen molar-refractivity contribution in [1.29, 1.82) is 0 Å². The Hall–Kier alpha value is -2.64. The number of aromatic nitrogens is 1. The highest BCUT2D eigenvalue weighted by molar-refractivity contribution is 7.92. The van der Waals surface area contributed by atoms with Crippen LogP contribution in [-0.4, -0.2) is 33.0 Å². The summed E-state index contributed by atoms with van der Waals surface area (Å²) in [6.07, 6.45) is 3.39. The van der Waals surface area contributed by atoms with Gasteiger partial charge in [0, 0.05) is 25.0 Å². The fraction of sp³-hybridized carbons (Fsp3) is 0.286. The minimum atomic E-state index is -3.44. The predicted octanol–water partition coefficient (Wildman–Crippen LogP) is 3.63. The fourth-order valence-electron chi connectivity index (χ4n) is 3.34. The molecule has 6 nitrogen and oxygen atoms in total. The molecule has 4 rings (SSSR count). The number of para-hydroxylation sites is 2. The van der Waals surface area contributed by atoms with Crippen LogP contribution >= 0.6 is 0 Å². The van der Waals surface area contributed by atoms with Crippen molar-refractivity contribution in [3.05, 3.63) is 65.6 Å². The van der Waals surface area contributed by atoms with E-state index in [0.717, 1.165) is 42.6 Å². The van der Waals surface area contributed by atoms with Crippen LogP contribution < -0.4 is 9.62 Å². The summed E-state index contributed by atoms with van der Waals surface area (Å²) in [5.74, 6) is 0.306. The Balaban J connectivity index is 1.29. The lowest BCUT2D eigenvalue weighted by Crippen LogP contribution is -2.38. The van der Waals surface area contributed by atoms with Crippen molar-refractivity contribution in [3.8, 4) is 0 Å². The summed E-state index contributed by atoms with van der Waals surface area (Å²) in [5, 5.41) is 1.23. The molecule has 2 aromatic carbocycles. The maximum absolute atomic E-state index is 12.2. The molecular formula is C21H23N3O3S. The molecule has 1 aromatic heterocycles. The van der Waals surface area contributed by atoms with Gasteiger partial charge in [-0.05, 0) is 42.5 Å². The number of hydrogen-bond donors (Lipinski definition) is 1. The van der Waals surface area contributed by atoms with Gasteiger partial charge in [-0.15, -0.1) is 0 Å². The van der Waals surface area contributed by atoms with Crippen molar-refractivity contribution in [3.63, 3.8) is 0 Å². The zero-order valence-corrected chi connectivity index (χ0v) is 16.3. The maximum Gasteiger partial charge on any atom is 0.298 e. The molecule has 0 spiro atoms. The topological polar surface area (TPSA) is 75.4 Å². The van der Waals surface area contributed by atoms with E-state index >= 15 is 0 Å². The second-order valence-electron chi connectivity index (χ2n) is 7.00. The van der Waals surface area contributed by atoms with Crippen LogP contribution in [0.25, 0.3) is 17.2 Å². The van der Waals surface area contributed by atoms with E-state index in [-0.39, 0.29) is 0 Å². The molecule has 0 bridgehead atoms. The lowest BCUT2D eigenvalue weighted by Gasteiger charge is -2.30. The first kappa shape index (κ1) is 18.7. The second-order valence-corrected chi connectivity index (χ2v) is 8.65. The van der Waals surface area contributed by atoms with Crippen LogP contribution in [0, 0.1) is 5.92 Å². The van der Waals surface area contributed by atoms with Crippen molar-refractivity contribution in [2.24, 2.45) is 5.92 Å². The van der Waals surface area contributed by atoms with Gasteiger partial charge < -0.3 is 9.32 Å². The SMILES string of the molecule is O=S(=O)(/C=C/c1ccccc1)NCC1CCN(c2nc3ccccc3o2)CC1. The number of oxazole rings is 1. The minimum absolute atomic E-state index is 0.306. The third-order valence-corrected chi connectivity index (χ3v) is 6.04. The number of anilines is 1. The van der Waals surface area contributed by atoms with Gasteiger partial charge in [-0.25, -0.2) is 13.1 Å². The van der Waals surface area contributed by atoms with Crippen LogP contribution in [0.15, 0.2) is 64.4 Å². The molecule has 146 valence electrons. The zero-order chi connectivity index (χ0) is 19.4. The zero-order valence-electron chi connectivity index (χ0n) is 15.5. The molecule has 2 heterocycles. The van der Waals surface area contributed by atoms with Crippen molar-refractivity contribution >= 4 is 33.2 Å². The Kier molecular flexibility index (Phi) is 5.45. The molecule has 1 fully saturated rings. The van der Waals surface area contributed by atoms with Gasteiger partial charge in [0.05, 0.1) is 0 Å². The van der Waals surface area contributed by atoms with Crippen LogP contribution in [0.4, 0.5) is 6.01 Å². The molecule has 1 N–H and O–H groups in total. The highest BCUT2D eigenvalue weighted by Crippen LogP contribution is 2.26. The lowest BCUT2D eigenvalue weighted by atomic mass is 9.97. The Morgan fingerprint density at radius 1 is 1.07 bits per heavy atom. The van der Waals surface area contributed by atoms with E-state index in [9.17, 15) is 8.42 Å². The smallest absolute Gasteiger partial charge is 0.298 e. The van der Waals surface area contributed by atoms with Gasteiger partial charge in [-0.1, -0.05) is 42.5 Å². The first-order chi connectivity index (χ1) is 13.6. The molecule has 0 amide bonds. The van der Waals surface area contributed by atoms with Gasteiger partial charge in [0.25, 0.3) is 6.01 Å². The van der Waals surface area contributed by atoms with Crippen LogP contribution in [-0.2, 0) is 10.0 Å². The molecule has 0 atom stereocenters. The third-order valence-electron chi connectivity index (χ3n) is 4.98. The molecule has 3 aromatic rings. The summed E-state index contributed by atoms with van der Waals surface area (Å²) < 4.78 is 32.9. The predicted molar refractivity (Wildman–Crippen MR) is 111 cm³/mol. The molecule has 0 saturated carbocycles. The van der Waals surface area contributed by atoms with Crippen molar-refractivity contribution in [2.45, 2.75) is 12.8 Å². The molecule has 28 heavy (non-hydrogen) atoms. The Labute approximate surface area is 164 Å².